The van der Waals surface area contributed by atoms with Crippen molar-refractivity contribution in [2.75, 3.05) is 0 Å². The summed E-state index contributed by atoms with van der Waals surface area (Å²) < 4.78 is 6.22. The van der Waals surface area contributed by atoms with Crippen LogP contribution in [0.2, 0.25) is 5.02 Å². The summed E-state index contributed by atoms with van der Waals surface area (Å²) in [5.74, 6) is -2.62. The zero-order valence-electron chi connectivity index (χ0n) is 14.0. The van der Waals surface area contributed by atoms with Gasteiger partial charge in [-0.15, -0.1) is 4.68 Å². The van der Waals surface area contributed by atoms with E-state index in [9.17, 15) is 30.3 Å². The lowest BCUT2D eigenvalue weighted by molar-refractivity contribution is -0.391. The average molecular weight is 405 g/mol. The highest BCUT2D eigenvalue weighted by molar-refractivity contribution is 6.31. The van der Waals surface area contributed by atoms with Gasteiger partial charge in [-0.2, -0.15) is 5.26 Å². The van der Waals surface area contributed by atoms with Crippen molar-refractivity contribution in [1.29, 1.82) is 5.26 Å². The van der Waals surface area contributed by atoms with Gasteiger partial charge >= 0.3 is 11.4 Å². The van der Waals surface area contributed by atoms with Crippen LogP contribution < -0.4 is 5.56 Å². The summed E-state index contributed by atoms with van der Waals surface area (Å²) in [6, 6.07) is 5.35. The maximum absolute atomic E-state index is 12.2. The van der Waals surface area contributed by atoms with Gasteiger partial charge in [0.2, 0.25) is 5.89 Å². The van der Waals surface area contributed by atoms with Crippen LogP contribution in [-0.2, 0) is 6.54 Å². The number of halogens is 1. The molecule has 1 atom stereocenters. The molecule has 1 aromatic carbocycles. The van der Waals surface area contributed by atoms with Crippen LogP contribution in [0.5, 0.6) is 0 Å². The summed E-state index contributed by atoms with van der Waals surface area (Å²) >= 11 is 6.03. The second kappa shape index (κ2) is 7.05. The minimum atomic E-state index is -1.52. The molecule has 2 heterocycles. The molecule has 0 fully saturated rings. The van der Waals surface area contributed by atoms with Crippen LogP contribution >= 0.6 is 11.6 Å². The van der Waals surface area contributed by atoms with E-state index in [2.05, 4.69) is 10.1 Å². The van der Waals surface area contributed by atoms with Gasteiger partial charge in [-0.3, -0.25) is 14.9 Å². The molecule has 0 unspecified atom stereocenters. The summed E-state index contributed by atoms with van der Waals surface area (Å²) in [6.07, 6.45) is 0. The van der Waals surface area contributed by atoms with Gasteiger partial charge in [0.25, 0.3) is 5.69 Å². The lowest BCUT2D eigenvalue weighted by Crippen LogP contribution is -2.26. The zero-order valence-corrected chi connectivity index (χ0v) is 14.8. The van der Waals surface area contributed by atoms with E-state index in [0.29, 0.717) is 0 Å². The Labute approximate surface area is 159 Å². The Morgan fingerprint density at radius 3 is 2.64 bits per heavy atom. The van der Waals surface area contributed by atoms with Crippen LogP contribution in [0.1, 0.15) is 24.3 Å². The number of rotatable bonds is 5. The van der Waals surface area contributed by atoms with Crippen molar-refractivity contribution in [2.24, 2.45) is 0 Å². The van der Waals surface area contributed by atoms with E-state index in [-0.39, 0.29) is 29.2 Å². The summed E-state index contributed by atoms with van der Waals surface area (Å²) in [5, 5.41) is 35.0. The van der Waals surface area contributed by atoms with E-state index in [1.165, 1.54) is 12.1 Å². The van der Waals surface area contributed by atoms with Gasteiger partial charge in [-0.25, -0.2) is 4.98 Å². The number of hydrogen-bond acceptors (Lipinski definition) is 9. The molecule has 0 spiro atoms. The van der Waals surface area contributed by atoms with Crippen molar-refractivity contribution in [2.45, 2.75) is 19.4 Å². The molecule has 0 aliphatic rings. The average Bonchev–Trinajstić information content (AvgIpc) is 3.08. The Morgan fingerprint density at radius 1 is 1.36 bits per heavy atom. The molecule has 28 heavy (non-hydrogen) atoms. The highest BCUT2D eigenvalue weighted by Gasteiger charge is 2.35. The SMILES string of the molecule is CCn1nc([N+](=O)[O-])c([C@@H](C#N)c2nc3cc([N+](=O)[O-])ccc3o2)c(Cl)c1=O. The fraction of sp³-hybridized carbons (Fsp3) is 0.200. The first-order valence-corrected chi connectivity index (χ1v) is 8.05. The maximum Gasteiger partial charge on any atom is 0.395 e. The lowest BCUT2D eigenvalue weighted by Gasteiger charge is -2.08. The standard InChI is InChI=1S/C15H9ClN6O6/c1-2-20-15(23)12(16)11(13(19-20)22(26)27)8(6-17)14-18-9-5-7(21(24)25)3-4-10(9)28-14/h3-5,8H,2H2,1H3/t8-/m1/s1. The van der Waals surface area contributed by atoms with E-state index in [1.807, 2.05) is 0 Å². The molecule has 0 aliphatic heterocycles. The molecule has 0 amide bonds. The van der Waals surface area contributed by atoms with Gasteiger partial charge < -0.3 is 14.5 Å². The van der Waals surface area contributed by atoms with E-state index in [0.717, 1.165) is 10.7 Å². The Hall–Kier alpha value is -3.85. The number of hydrogen-bond donors (Lipinski definition) is 0. The lowest BCUT2D eigenvalue weighted by atomic mass is 10.0. The van der Waals surface area contributed by atoms with E-state index < -0.39 is 37.7 Å². The fourth-order valence-electron chi connectivity index (χ4n) is 2.56. The van der Waals surface area contributed by atoms with Crippen molar-refractivity contribution in [3.63, 3.8) is 0 Å². The van der Waals surface area contributed by atoms with Crippen LogP contribution in [0, 0.1) is 31.6 Å². The number of fused-ring (bicyclic) bond motifs is 1. The third-order valence-electron chi connectivity index (χ3n) is 3.85. The van der Waals surface area contributed by atoms with Gasteiger partial charge in [0.05, 0.1) is 22.6 Å². The first-order valence-electron chi connectivity index (χ1n) is 7.67. The number of nitrogens with zero attached hydrogens (tertiary/aromatic N) is 6. The van der Waals surface area contributed by atoms with Crippen molar-refractivity contribution >= 4 is 34.2 Å². The summed E-state index contributed by atoms with van der Waals surface area (Å²) in [7, 11) is 0. The zero-order chi connectivity index (χ0) is 20.6. The van der Waals surface area contributed by atoms with Crippen molar-refractivity contribution in [3.8, 4) is 6.07 Å². The normalized spacial score (nSPS) is 11.9. The largest absolute Gasteiger partial charge is 0.439 e. The van der Waals surface area contributed by atoms with Gasteiger partial charge in [0.15, 0.2) is 11.5 Å². The predicted octanol–water partition coefficient (Wildman–Crippen LogP) is 2.53. The van der Waals surface area contributed by atoms with Crippen LogP contribution in [0.3, 0.4) is 0 Å². The first-order chi connectivity index (χ1) is 13.3. The number of nitro benzene ring substituents is 1. The Bertz CT molecular complexity index is 1230. The number of aryl methyl sites for hydroxylation is 1. The molecule has 2 aromatic heterocycles. The van der Waals surface area contributed by atoms with Crippen molar-refractivity contribution in [3.05, 3.63) is 65.3 Å². The number of nitriles is 1. The predicted molar refractivity (Wildman–Crippen MR) is 94.0 cm³/mol. The maximum atomic E-state index is 12.2. The highest BCUT2D eigenvalue weighted by Crippen LogP contribution is 2.35. The molecule has 3 rings (SSSR count). The van der Waals surface area contributed by atoms with Gasteiger partial charge in [-0.05, 0) is 17.9 Å². The molecule has 12 nitrogen and oxygen atoms in total. The van der Waals surface area contributed by atoms with E-state index in [4.69, 9.17) is 16.0 Å². The topological polar surface area (TPSA) is 171 Å². The third-order valence-corrected chi connectivity index (χ3v) is 4.22. The minimum absolute atomic E-state index is 0.0312. The minimum Gasteiger partial charge on any atom is -0.439 e. The highest BCUT2D eigenvalue weighted by atomic mass is 35.5. The number of nitro groups is 2. The summed E-state index contributed by atoms with van der Waals surface area (Å²) in [4.78, 5) is 37.1. The van der Waals surface area contributed by atoms with Crippen molar-refractivity contribution < 1.29 is 14.3 Å². The van der Waals surface area contributed by atoms with Crippen LogP contribution in [0.4, 0.5) is 11.5 Å². The second-order valence-corrected chi connectivity index (χ2v) is 5.83. The van der Waals surface area contributed by atoms with Crippen LogP contribution in [0.25, 0.3) is 11.1 Å². The van der Waals surface area contributed by atoms with Gasteiger partial charge in [0.1, 0.15) is 16.1 Å². The second-order valence-electron chi connectivity index (χ2n) is 5.45. The fourth-order valence-corrected chi connectivity index (χ4v) is 2.85. The smallest absolute Gasteiger partial charge is 0.395 e. The third kappa shape index (κ3) is 3.03. The first kappa shape index (κ1) is 18.9. The monoisotopic (exact) mass is 404 g/mol. The Balaban J connectivity index is 2.25. The van der Waals surface area contributed by atoms with Gasteiger partial charge in [0, 0.05) is 12.1 Å². The molecule has 142 valence electrons. The Kier molecular flexibility index (Phi) is 4.76. The summed E-state index contributed by atoms with van der Waals surface area (Å²) in [6.45, 7) is 1.58. The molecule has 0 N–H and O–H groups in total. The van der Waals surface area contributed by atoms with E-state index >= 15 is 0 Å². The van der Waals surface area contributed by atoms with E-state index in [1.54, 1.807) is 13.0 Å². The number of aromatic nitrogens is 3. The molecule has 13 heteroatoms. The quantitative estimate of drug-likeness (QED) is 0.457. The molecular formula is C15H9ClN6O6. The Morgan fingerprint density at radius 2 is 2.07 bits per heavy atom. The number of non-ortho nitro benzene ring substituents is 1. The molecule has 0 aliphatic carbocycles. The number of oxazole rings is 1. The molecule has 0 radical (unpaired) electrons. The summed E-state index contributed by atoms with van der Waals surface area (Å²) in [5.41, 5.74) is -1.33. The molecule has 0 saturated carbocycles. The molecular weight excluding hydrogens is 396 g/mol. The van der Waals surface area contributed by atoms with Crippen LogP contribution in [0.15, 0.2) is 27.4 Å². The molecule has 0 bridgehead atoms. The van der Waals surface area contributed by atoms with Crippen LogP contribution in [-0.4, -0.2) is 24.6 Å². The van der Waals surface area contributed by atoms with Gasteiger partial charge in [-0.1, -0.05) is 11.6 Å². The molecule has 0 saturated heterocycles. The number of benzene rings is 1. The van der Waals surface area contributed by atoms with Crippen molar-refractivity contribution in [1.82, 2.24) is 14.8 Å². The molecule has 3 aromatic rings.